The van der Waals surface area contributed by atoms with Crippen LogP contribution in [-0.4, -0.2) is 35.3 Å². The summed E-state index contributed by atoms with van der Waals surface area (Å²) < 4.78 is 2.37. The van der Waals surface area contributed by atoms with Crippen LogP contribution in [0.4, 0.5) is 0 Å². The molecule has 2 atom stereocenters. The highest BCUT2D eigenvalue weighted by Crippen LogP contribution is 2.40. The maximum atomic E-state index is 11.0. The lowest BCUT2D eigenvalue weighted by Crippen LogP contribution is -2.24. The largest absolute Gasteiger partial charge is 0.387 e. The monoisotopic (exact) mass is 470 g/mol. The number of aromatic nitrogens is 6. The molecule has 7 heteroatoms. The summed E-state index contributed by atoms with van der Waals surface area (Å²) in [5, 5.41) is 25.6. The van der Waals surface area contributed by atoms with Crippen molar-refractivity contribution in [2.24, 2.45) is 0 Å². The molecule has 2 unspecified atom stereocenters. The number of tetrazole rings is 1. The molecule has 35 heavy (non-hydrogen) atoms. The number of fused-ring (bicyclic) bond motifs is 1. The maximum absolute atomic E-state index is 11.0. The zero-order chi connectivity index (χ0) is 24.2. The van der Waals surface area contributed by atoms with Crippen molar-refractivity contribution in [3.8, 4) is 22.5 Å². The van der Waals surface area contributed by atoms with E-state index < -0.39 is 6.10 Å². The number of hydrogen-bond donors (Lipinski definition) is 2. The van der Waals surface area contributed by atoms with Gasteiger partial charge in [-0.1, -0.05) is 75.2 Å². The van der Waals surface area contributed by atoms with Gasteiger partial charge in [0.25, 0.3) is 0 Å². The van der Waals surface area contributed by atoms with E-state index in [1.807, 2.05) is 18.2 Å². The van der Waals surface area contributed by atoms with Gasteiger partial charge in [0, 0.05) is 12.0 Å². The second-order valence-electron chi connectivity index (χ2n) is 9.45. The Kier molecular flexibility index (Phi) is 7.04. The molecule has 0 aliphatic carbocycles. The fraction of sp³-hybridized carbons (Fsp3) is 0.429. The molecule has 4 aromatic rings. The third kappa shape index (κ3) is 4.65. The fourth-order valence-corrected chi connectivity index (χ4v) is 5.27. The van der Waals surface area contributed by atoms with Crippen molar-refractivity contribution >= 4 is 0 Å². The molecule has 0 fully saturated rings. The second-order valence-corrected chi connectivity index (χ2v) is 9.45. The molecule has 0 saturated carbocycles. The van der Waals surface area contributed by atoms with Gasteiger partial charge in [-0.25, -0.2) is 4.98 Å². The summed E-state index contributed by atoms with van der Waals surface area (Å²) in [6, 6.07) is 17.1. The molecular formula is C28H34N6O. The van der Waals surface area contributed by atoms with E-state index in [2.05, 4.69) is 69.4 Å². The van der Waals surface area contributed by atoms with E-state index in [0.29, 0.717) is 5.82 Å². The van der Waals surface area contributed by atoms with Crippen molar-refractivity contribution in [1.82, 2.24) is 30.2 Å². The van der Waals surface area contributed by atoms with Gasteiger partial charge in [-0.2, -0.15) is 5.21 Å². The Bertz CT molecular complexity index is 1250. The molecule has 0 spiro atoms. The molecule has 5 rings (SSSR count). The molecule has 182 valence electrons. The van der Waals surface area contributed by atoms with Gasteiger partial charge in [0.2, 0.25) is 5.82 Å². The lowest BCUT2D eigenvalue weighted by molar-refractivity contribution is 0.130. The molecule has 2 N–H and O–H groups in total. The number of H-pyrrole nitrogens is 1. The first kappa shape index (κ1) is 23.4. The van der Waals surface area contributed by atoms with E-state index >= 15 is 0 Å². The molecule has 0 amide bonds. The highest BCUT2D eigenvalue weighted by molar-refractivity contribution is 5.80. The van der Waals surface area contributed by atoms with Gasteiger partial charge < -0.3 is 9.67 Å². The second kappa shape index (κ2) is 10.5. The van der Waals surface area contributed by atoms with Gasteiger partial charge in [0.05, 0.1) is 23.5 Å². The Morgan fingerprint density at radius 2 is 1.69 bits per heavy atom. The number of benzene rings is 2. The third-order valence-electron chi connectivity index (χ3n) is 7.08. The van der Waals surface area contributed by atoms with Crippen molar-refractivity contribution in [3.05, 3.63) is 71.3 Å². The molecule has 7 nitrogen and oxygen atoms in total. The predicted octanol–water partition coefficient (Wildman–Crippen LogP) is 5.83. The van der Waals surface area contributed by atoms with E-state index in [-0.39, 0.29) is 6.04 Å². The Balaban J connectivity index is 1.51. The minimum Gasteiger partial charge on any atom is -0.387 e. The Morgan fingerprint density at radius 1 is 0.943 bits per heavy atom. The van der Waals surface area contributed by atoms with Crippen LogP contribution < -0.4 is 0 Å². The maximum Gasteiger partial charge on any atom is 0.205 e. The molecule has 0 saturated heterocycles. The number of aromatic amines is 1. The van der Waals surface area contributed by atoms with E-state index in [1.54, 1.807) is 0 Å². The molecular weight excluding hydrogens is 436 g/mol. The van der Waals surface area contributed by atoms with E-state index in [1.165, 1.54) is 5.56 Å². The first-order valence-electron chi connectivity index (χ1n) is 12.9. The summed E-state index contributed by atoms with van der Waals surface area (Å²) in [7, 11) is 0. The Labute approximate surface area is 206 Å². The fourth-order valence-electron chi connectivity index (χ4n) is 5.27. The van der Waals surface area contributed by atoms with Crippen LogP contribution in [-0.2, 0) is 12.8 Å². The number of imidazole rings is 1. The van der Waals surface area contributed by atoms with E-state index in [9.17, 15) is 5.11 Å². The van der Waals surface area contributed by atoms with Crippen LogP contribution in [0.1, 0.15) is 87.3 Å². The molecule has 3 heterocycles. The number of rotatable bonds is 9. The average molecular weight is 471 g/mol. The van der Waals surface area contributed by atoms with Crippen molar-refractivity contribution < 1.29 is 5.11 Å². The zero-order valence-electron chi connectivity index (χ0n) is 20.6. The Morgan fingerprint density at radius 3 is 2.40 bits per heavy atom. The van der Waals surface area contributed by atoms with Crippen LogP contribution in [0.25, 0.3) is 22.5 Å². The van der Waals surface area contributed by atoms with Crippen LogP contribution in [0.5, 0.6) is 0 Å². The van der Waals surface area contributed by atoms with Gasteiger partial charge in [0.15, 0.2) is 0 Å². The van der Waals surface area contributed by atoms with Gasteiger partial charge in [-0.3, -0.25) is 0 Å². The zero-order valence-corrected chi connectivity index (χ0v) is 20.6. The number of aliphatic hydroxyl groups excluding tert-OH is 1. The summed E-state index contributed by atoms with van der Waals surface area (Å²) in [5.74, 6) is 1.72. The third-order valence-corrected chi connectivity index (χ3v) is 7.08. The summed E-state index contributed by atoms with van der Waals surface area (Å²) >= 11 is 0. The van der Waals surface area contributed by atoms with Crippen molar-refractivity contribution in [3.63, 3.8) is 0 Å². The minimum atomic E-state index is -0.429. The van der Waals surface area contributed by atoms with Gasteiger partial charge in [0.1, 0.15) is 5.82 Å². The lowest BCUT2D eigenvalue weighted by atomic mass is 9.91. The van der Waals surface area contributed by atoms with Crippen molar-refractivity contribution in [2.75, 3.05) is 0 Å². The number of aliphatic hydroxyl groups is 1. The lowest BCUT2D eigenvalue weighted by Gasteiger charge is -2.31. The Hall–Kier alpha value is -3.32. The van der Waals surface area contributed by atoms with Crippen LogP contribution >= 0.6 is 0 Å². The number of unbranched alkanes of at least 4 members (excludes halogenated alkanes) is 2. The summed E-state index contributed by atoms with van der Waals surface area (Å²) in [5.41, 5.74) is 6.55. The number of hydrogen-bond acceptors (Lipinski definition) is 5. The quantitative estimate of drug-likeness (QED) is 0.321. The first-order valence-corrected chi connectivity index (χ1v) is 12.9. The predicted molar refractivity (Wildman–Crippen MR) is 137 cm³/mol. The minimum absolute atomic E-state index is 0.199. The van der Waals surface area contributed by atoms with Gasteiger partial charge in [-0.05, 0) is 54.0 Å². The average Bonchev–Trinajstić information content (AvgIpc) is 3.56. The highest BCUT2D eigenvalue weighted by atomic mass is 16.3. The summed E-state index contributed by atoms with van der Waals surface area (Å²) in [4.78, 5) is 5.08. The van der Waals surface area contributed by atoms with E-state index in [4.69, 9.17) is 4.98 Å². The number of nitrogens with zero attached hydrogens (tertiary/aromatic N) is 5. The van der Waals surface area contributed by atoms with Crippen molar-refractivity contribution in [1.29, 1.82) is 0 Å². The molecule has 2 aromatic carbocycles. The smallest absolute Gasteiger partial charge is 0.205 e. The number of nitrogens with one attached hydrogen (secondary N) is 1. The van der Waals surface area contributed by atoms with Gasteiger partial charge >= 0.3 is 0 Å². The van der Waals surface area contributed by atoms with Crippen LogP contribution in [0.3, 0.4) is 0 Å². The normalized spacial score (nSPS) is 17.5. The molecule has 2 aromatic heterocycles. The van der Waals surface area contributed by atoms with Crippen molar-refractivity contribution in [2.45, 2.75) is 77.4 Å². The summed E-state index contributed by atoms with van der Waals surface area (Å²) in [6.45, 7) is 4.42. The topological polar surface area (TPSA) is 92.5 Å². The van der Waals surface area contributed by atoms with Gasteiger partial charge in [-0.15, -0.1) is 10.2 Å². The molecule has 0 radical (unpaired) electrons. The van der Waals surface area contributed by atoms with E-state index in [0.717, 1.165) is 85.3 Å². The summed E-state index contributed by atoms with van der Waals surface area (Å²) in [6.07, 6.45) is 7.61. The first-order chi connectivity index (χ1) is 17.2. The standard InChI is InChI=1S/C28H34N6O/c1-3-5-11-23-27-25(35)18-17-24(34(27)26(29-23)12-6-4-2)20-15-13-19(14-16-20)21-9-7-8-10-22(21)28-30-32-33-31-28/h7-10,13-16,24-25,35H,3-6,11-12,17-18H2,1-2H3,(H,30,31,32,33). The molecule has 0 bridgehead atoms. The molecule has 1 aliphatic heterocycles. The SMILES string of the molecule is CCCCc1nc(CCCC)n2c1C(O)CCC2c1ccc(-c2ccccc2-c2nn[nH]n2)cc1. The van der Waals surface area contributed by atoms with Crippen LogP contribution in [0.2, 0.25) is 0 Å². The molecule has 1 aliphatic rings. The van der Waals surface area contributed by atoms with Crippen LogP contribution in [0.15, 0.2) is 48.5 Å². The number of aryl methyl sites for hydroxylation is 2. The highest BCUT2D eigenvalue weighted by Gasteiger charge is 2.32. The van der Waals surface area contributed by atoms with Crippen LogP contribution in [0, 0.1) is 0 Å².